The molecule has 2 aromatic carbocycles. The Balaban J connectivity index is 1.37. The molecule has 0 spiro atoms. The number of amides is 2. The second-order valence-electron chi connectivity index (χ2n) is 6.83. The van der Waals surface area contributed by atoms with Gasteiger partial charge in [-0.15, -0.1) is 0 Å². The molecule has 150 valence electrons. The minimum absolute atomic E-state index is 0.181. The summed E-state index contributed by atoms with van der Waals surface area (Å²) >= 11 is 0. The molecule has 4 rings (SSSR count). The Morgan fingerprint density at radius 1 is 1.10 bits per heavy atom. The van der Waals surface area contributed by atoms with E-state index in [0.717, 1.165) is 22.7 Å². The summed E-state index contributed by atoms with van der Waals surface area (Å²) < 4.78 is 11.1. The Labute approximate surface area is 168 Å². The largest absolute Gasteiger partial charge is 0.486 e. The molecule has 8 heteroatoms. The van der Waals surface area contributed by atoms with Crippen LogP contribution >= 0.6 is 0 Å². The van der Waals surface area contributed by atoms with Crippen LogP contribution in [0.1, 0.15) is 12.0 Å². The third kappa shape index (κ3) is 4.16. The zero-order valence-corrected chi connectivity index (χ0v) is 15.8. The summed E-state index contributed by atoms with van der Waals surface area (Å²) in [5, 5.41) is 8.72. The van der Waals surface area contributed by atoms with Crippen molar-refractivity contribution in [1.29, 1.82) is 0 Å². The average Bonchev–Trinajstić information content (AvgIpc) is 3.20. The van der Waals surface area contributed by atoms with Crippen LogP contribution in [0.25, 0.3) is 0 Å². The fourth-order valence-corrected chi connectivity index (χ4v) is 3.35. The molecule has 0 saturated carbocycles. The highest BCUT2D eigenvalue weighted by Gasteiger charge is 2.34. The van der Waals surface area contributed by atoms with Gasteiger partial charge in [0, 0.05) is 13.0 Å². The SMILES string of the molecule is NC(=O)C1CC(C(=O)NCCc2ccc3c(c2)OCCO3)=NN1c1ccccc1. The smallest absolute Gasteiger partial charge is 0.267 e. The summed E-state index contributed by atoms with van der Waals surface area (Å²) in [4.78, 5) is 24.4. The summed E-state index contributed by atoms with van der Waals surface area (Å²) in [6.07, 6.45) is 0.817. The lowest BCUT2D eigenvalue weighted by molar-refractivity contribution is -0.119. The number of nitrogens with two attached hydrogens (primary N) is 1. The van der Waals surface area contributed by atoms with Crippen molar-refractivity contribution in [3.63, 3.8) is 0 Å². The van der Waals surface area contributed by atoms with Crippen molar-refractivity contribution in [2.75, 3.05) is 24.8 Å². The fourth-order valence-electron chi connectivity index (χ4n) is 3.35. The van der Waals surface area contributed by atoms with Crippen molar-refractivity contribution in [1.82, 2.24) is 5.32 Å². The van der Waals surface area contributed by atoms with Crippen molar-refractivity contribution >= 4 is 23.2 Å². The molecule has 1 unspecified atom stereocenters. The topological polar surface area (TPSA) is 106 Å². The average molecular weight is 394 g/mol. The molecule has 8 nitrogen and oxygen atoms in total. The highest BCUT2D eigenvalue weighted by Crippen LogP contribution is 2.30. The van der Waals surface area contributed by atoms with E-state index in [0.29, 0.717) is 31.9 Å². The molecule has 0 aromatic heterocycles. The Hall–Kier alpha value is -3.55. The van der Waals surface area contributed by atoms with E-state index in [1.807, 2.05) is 48.5 Å². The second-order valence-corrected chi connectivity index (χ2v) is 6.83. The van der Waals surface area contributed by atoms with Gasteiger partial charge in [-0.1, -0.05) is 24.3 Å². The van der Waals surface area contributed by atoms with Gasteiger partial charge < -0.3 is 20.5 Å². The van der Waals surface area contributed by atoms with Crippen LogP contribution in [-0.4, -0.2) is 43.3 Å². The molecular weight excluding hydrogens is 372 g/mol. The minimum atomic E-state index is -0.670. The molecular formula is C21H22N4O4. The van der Waals surface area contributed by atoms with Crippen LogP contribution in [0.3, 0.4) is 0 Å². The number of ether oxygens (including phenoxy) is 2. The number of carbonyl (C=O) groups is 2. The number of anilines is 1. The van der Waals surface area contributed by atoms with E-state index in [9.17, 15) is 9.59 Å². The standard InChI is InChI=1S/C21H22N4O4/c22-20(26)17-13-16(24-25(17)15-4-2-1-3-5-15)21(27)23-9-8-14-6-7-18-19(12-14)29-11-10-28-18/h1-7,12,17H,8-11,13H2,(H2,22,26)(H,23,27). The van der Waals surface area contributed by atoms with Gasteiger partial charge in [-0.25, -0.2) is 0 Å². The number of hydrazone groups is 1. The Kier molecular flexibility index (Phi) is 5.33. The van der Waals surface area contributed by atoms with Crippen LogP contribution in [0, 0.1) is 0 Å². The lowest BCUT2D eigenvalue weighted by Gasteiger charge is -2.20. The zero-order chi connectivity index (χ0) is 20.2. The summed E-state index contributed by atoms with van der Waals surface area (Å²) in [6, 6.07) is 14.3. The van der Waals surface area contributed by atoms with E-state index < -0.39 is 11.9 Å². The van der Waals surface area contributed by atoms with E-state index in [-0.39, 0.29) is 12.3 Å². The summed E-state index contributed by atoms with van der Waals surface area (Å²) in [6.45, 7) is 1.52. The van der Waals surface area contributed by atoms with Gasteiger partial charge in [0.1, 0.15) is 25.0 Å². The minimum Gasteiger partial charge on any atom is -0.486 e. The predicted molar refractivity (Wildman–Crippen MR) is 108 cm³/mol. The number of rotatable bonds is 6. The molecule has 1 atom stereocenters. The van der Waals surface area contributed by atoms with Crippen molar-refractivity contribution < 1.29 is 19.1 Å². The van der Waals surface area contributed by atoms with Gasteiger partial charge in [0.05, 0.1) is 5.69 Å². The maximum absolute atomic E-state index is 12.5. The van der Waals surface area contributed by atoms with E-state index in [2.05, 4.69) is 10.4 Å². The zero-order valence-electron chi connectivity index (χ0n) is 15.8. The maximum atomic E-state index is 12.5. The second kappa shape index (κ2) is 8.22. The molecule has 2 amide bonds. The molecule has 2 heterocycles. The summed E-state index contributed by atoms with van der Waals surface area (Å²) in [5.41, 5.74) is 7.55. The monoisotopic (exact) mass is 394 g/mol. The van der Waals surface area contributed by atoms with Gasteiger partial charge in [0.15, 0.2) is 11.5 Å². The third-order valence-electron chi connectivity index (χ3n) is 4.83. The molecule has 0 saturated heterocycles. The van der Waals surface area contributed by atoms with Gasteiger partial charge in [-0.05, 0) is 36.2 Å². The quantitative estimate of drug-likeness (QED) is 0.767. The van der Waals surface area contributed by atoms with Crippen LogP contribution in [-0.2, 0) is 16.0 Å². The van der Waals surface area contributed by atoms with Crippen LogP contribution in [0.4, 0.5) is 5.69 Å². The molecule has 0 fully saturated rings. The van der Waals surface area contributed by atoms with Gasteiger partial charge >= 0.3 is 0 Å². The maximum Gasteiger partial charge on any atom is 0.267 e. The van der Waals surface area contributed by atoms with Crippen LogP contribution < -0.4 is 25.5 Å². The van der Waals surface area contributed by atoms with Crippen LogP contribution in [0.15, 0.2) is 53.6 Å². The van der Waals surface area contributed by atoms with Crippen molar-refractivity contribution in [3.8, 4) is 11.5 Å². The first kappa shape index (κ1) is 18.8. The number of fused-ring (bicyclic) bond motifs is 1. The first-order valence-corrected chi connectivity index (χ1v) is 9.49. The molecule has 0 aliphatic carbocycles. The summed E-state index contributed by atoms with van der Waals surface area (Å²) in [7, 11) is 0. The molecule has 0 radical (unpaired) electrons. The molecule has 3 N–H and O–H groups in total. The van der Waals surface area contributed by atoms with Gasteiger partial charge in [0.2, 0.25) is 5.91 Å². The first-order valence-electron chi connectivity index (χ1n) is 9.49. The summed E-state index contributed by atoms with van der Waals surface area (Å²) in [5.74, 6) is 0.648. The number of hydrogen-bond acceptors (Lipinski definition) is 6. The molecule has 2 aromatic rings. The molecule has 29 heavy (non-hydrogen) atoms. The Bertz CT molecular complexity index is 945. The fraction of sp³-hybridized carbons (Fsp3) is 0.286. The number of nitrogens with one attached hydrogen (secondary N) is 1. The highest BCUT2D eigenvalue weighted by molar-refractivity contribution is 6.40. The van der Waals surface area contributed by atoms with Crippen molar-refractivity contribution in [2.24, 2.45) is 10.8 Å². The lowest BCUT2D eigenvalue weighted by Crippen LogP contribution is -2.40. The van der Waals surface area contributed by atoms with E-state index in [4.69, 9.17) is 15.2 Å². The van der Waals surface area contributed by atoms with Gasteiger partial charge in [0.25, 0.3) is 5.91 Å². The van der Waals surface area contributed by atoms with Gasteiger partial charge in [-0.2, -0.15) is 5.10 Å². The Morgan fingerprint density at radius 2 is 1.86 bits per heavy atom. The lowest BCUT2D eigenvalue weighted by atomic mass is 10.1. The van der Waals surface area contributed by atoms with Crippen molar-refractivity contribution in [3.05, 3.63) is 54.1 Å². The number of carbonyl (C=O) groups excluding carboxylic acids is 2. The third-order valence-corrected chi connectivity index (χ3v) is 4.83. The molecule has 2 aliphatic rings. The van der Waals surface area contributed by atoms with Crippen molar-refractivity contribution in [2.45, 2.75) is 18.9 Å². The molecule has 0 bridgehead atoms. The number of primary amides is 1. The number of benzene rings is 2. The Morgan fingerprint density at radius 3 is 2.62 bits per heavy atom. The highest BCUT2D eigenvalue weighted by atomic mass is 16.6. The van der Waals surface area contributed by atoms with E-state index in [1.54, 1.807) is 0 Å². The van der Waals surface area contributed by atoms with E-state index >= 15 is 0 Å². The van der Waals surface area contributed by atoms with E-state index in [1.165, 1.54) is 5.01 Å². The predicted octanol–water partition coefficient (Wildman–Crippen LogP) is 1.24. The first-order chi connectivity index (χ1) is 14.1. The number of nitrogens with zero attached hydrogens (tertiary/aromatic N) is 2. The normalized spacial score (nSPS) is 17.6. The molecule has 2 aliphatic heterocycles. The van der Waals surface area contributed by atoms with Crippen LogP contribution in [0.2, 0.25) is 0 Å². The van der Waals surface area contributed by atoms with Gasteiger partial charge in [-0.3, -0.25) is 14.6 Å². The number of para-hydroxylation sites is 1. The van der Waals surface area contributed by atoms with Crippen LogP contribution in [0.5, 0.6) is 11.5 Å². The number of hydrogen-bond donors (Lipinski definition) is 2.